The first-order valence-electron chi connectivity index (χ1n) is 9.28. The number of pyridine rings is 1. The van der Waals surface area contributed by atoms with Crippen molar-refractivity contribution in [1.29, 1.82) is 0 Å². The van der Waals surface area contributed by atoms with Crippen LogP contribution in [0.3, 0.4) is 0 Å². The molecule has 3 fully saturated rings. The standard InChI is InChI=1S/C19H25N3O3/c23-17-3-6-19(22(17)14-15-4-9-20-10-5-15)7-11-21(12-8-19)18(24)16-2-1-13-25-16/h4-5,9-10,16H,1-3,6-8,11-14H2/t16-/m1/s1. The molecule has 6 nitrogen and oxygen atoms in total. The zero-order valence-corrected chi connectivity index (χ0v) is 14.5. The van der Waals surface area contributed by atoms with Gasteiger partial charge in [0.15, 0.2) is 0 Å². The maximum Gasteiger partial charge on any atom is 0.251 e. The molecule has 3 saturated heterocycles. The second kappa shape index (κ2) is 6.75. The summed E-state index contributed by atoms with van der Waals surface area (Å²) in [6.07, 6.45) is 8.35. The fraction of sp³-hybridized carbons (Fsp3) is 0.632. The molecule has 0 saturated carbocycles. The molecule has 2 amide bonds. The van der Waals surface area contributed by atoms with Crippen LogP contribution in [-0.2, 0) is 20.9 Å². The lowest BCUT2D eigenvalue weighted by atomic mass is 9.84. The normalized spacial score (nSPS) is 25.8. The number of hydrogen-bond acceptors (Lipinski definition) is 4. The first-order valence-corrected chi connectivity index (χ1v) is 9.28. The topological polar surface area (TPSA) is 62.7 Å². The summed E-state index contributed by atoms with van der Waals surface area (Å²) in [5.74, 6) is 0.369. The van der Waals surface area contributed by atoms with Crippen LogP contribution in [0.5, 0.6) is 0 Å². The van der Waals surface area contributed by atoms with E-state index in [0.717, 1.165) is 50.8 Å². The molecule has 1 spiro atoms. The number of carbonyl (C=O) groups excluding carboxylic acids is 2. The van der Waals surface area contributed by atoms with Crippen LogP contribution in [0, 0.1) is 0 Å². The number of nitrogens with zero attached hydrogens (tertiary/aromatic N) is 3. The first-order chi connectivity index (χ1) is 12.2. The van der Waals surface area contributed by atoms with Gasteiger partial charge in [0.2, 0.25) is 5.91 Å². The van der Waals surface area contributed by atoms with Crippen molar-refractivity contribution in [2.75, 3.05) is 19.7 Å². The Morgan fingerprint density at radius 3 is 2.68 bits per heavy atom. The Labute approximate surface area is 148 Å². The maximum absolute atomic E-state index is 12.6. The van der Waals surface area contributed by atoms with E-state index < -0.39 is 0 Å². The predicted molar refractivity (Wildman–Crippen MR) is 91.5 cm³/mol. The number of ether oxygens (including phenoxy) is 1. The second-order valence-electron chi connectivity index (χ2n) is 7.39. The van der Waals surface area contributed by atoms with Gasteiger partial charge in [-0.2, -0.15) is 0 Å². The van der Waals surface area contributed by atoms with E-state index in [2.05, 4.69) is 9.88 Å². The molecule has 3 aliphatic rings. The third-order valence-corrected chi connectivity index (χ3v) is 5.98. The Balaban J connectivity index is 1.43. The summed E-state index contributed by atoms with van der Waals surface area (Å²) in [5.41, 5.74) is 1.02. The number of hydrogen-bond donors (Lipinski definition) is 0. The summed E-state index contributed by atoms with van der Waals surface area (Å²) in [6, 6.07) is 3.94. The third kappa shape index (κ3) is 3.15. The average Bonchev–Trinajstić information content (AvgIpc) is 3.28. The van der Waals surface area contributed by atoms with Crippen LogP contribution in [-0.4, -0.2) is 57.9 Å². The monoisotopic (exact) mass is 343 g/mol. The Bertz CT molecular complexity index is 635. The number of piperidine rings is 1. The number of rotatable bonds is 3. The predicted octanol–water partition coefficient (Wildman–Crippen LogP) is 1.74. The summed E-state index contributed by atoms with van der Waals surface area (Å²) in [6.45, 7) is 2.78. The molecule has 1 aromatic heterocycles. The quantitative estimate of drug-likeness (QED) is 0.839. The lowest BCUT2D eigenvalue weighted by Gasteiger charge is -2.45. The van der Waals surface area contributed by atoms with Gasteiger partial charge in [-0.25, -0.2) is 0 Å². The van der Waals surface area contributed by atoms with Crippen molar-refractivity contribution in [3.05, 3.63) is 30.1 Å². The highest BCUT2D eigenvalue weighted by Gasteiger charge is 2.47. The number of amides is 2. The SMILES string of the molecule is O=C([C@H]1CCCO1)N1CCC2(CCC(=O)N2Cc2ccncc2)CC1. The van der Waals surface area contributed by atoms with E-state index in [0.29, 0.717) is 19.6 Å². The molecule has 134 valence electrons. The van der Waals surface area contributed by atoms with Crippen LogP contribution in [0.2, 0.25) is 0 Å². The van der Waals surface area contributed by atoms with Crippen molar-refractivity contribution in [1.82, 2.24) is 14.8 Å². The molecule has 1 atom stereocenters. The molecule has 0 unspecified atom stereocenters. The van der Waals surface area contributed by atoms with Crippen molar-refractivity contribution in [2.24, 2.45) is 0 Å². The van der Waals surface area contributed by atoms with Crippen molar-refractivity contribution < 1.29 is 14.3 Å². The third-order valence-electron chi connectivity index (χ3n) is 5.98. The van der Waals surface area contributed by atoms with E-state index in [1.165, 1.54) is 0 Å². The van der Waals surface area contributed by atoms with Gasteiger partial charge in [0.25, 0.3) is 5.91 Å². The smallest absolute Gasteiger partial charge is 0.251 e. The molecule has 0 aromatic carbocycles. The molecular formula is C19H25N3O3. The lowest BCUT2D eigenvalue weighted by molar-refractivity contribution is -0.144. The highest BCUT2D eigenvalue weighted by atomic mass is 16.5. The Morgan fingerprint density at radius 1 is 1.24 bits per heavy atom. The van der Waals surface area contributed by atoms with Gasteiger partial charge in [0, 0.05) is 50.6 Å². The van der Waals surface area contributed by atoms with Crippen LogP contribution in [0.4, 0.5) is 0 Å². The number of aromatic nitrogens is 1. The highest BCUT2D eigenvalue weighted by Crippen LogP contribution is 2.40. The molecule has 4 heterocycles. The lowest BCUT2D eigenvalue weighted by Crippen LogP contribution is -2.55. The van der Waals surface area contributed by atoms with E-state index in [1.54, 1.807) is 12.4 Å². The molecule has 0 radical (unpaired) electrons. The van der Waals surface area contributed by atoms with Gasteiger partial charge in [0.05, 0.1) is 0 Å². The molecular weight excluding hydrogens is 318 g/mol. The summed E-state index contributed by atoms with van der Waals surface area (Å²) in [4.78, 5) is 33.1. The van der Waals surface area contributed by atoms with Gasteiger partial charge in [-0.15, -0.1) is 0 Å². The molecule has 0 bridgehead atoms. The minimum absolute atomic E-state index is 0.0896. The zero-order chi connectivity index (χ0) is 17.3. The Hall–Kier alpha value is -1.95. The van der Waals surface area contributed by atoms with Gasteiger partial charge >= 0.3 is 0 Å². The van der Waals surface area contributed by atoms with Crippen molar-refractivity contribution in [3.63, 3.8) is 0 Å². The molecule has 0 N–H and O–H groups in total. The fourth-order valence-corrected chi connectivity index (χ4v) is 4.44. The van der Waals surface area contributed by atoms with Crippen LogP contribution >= 0.6 is 0 Å². The van der Waals surface area contributed by atoms with E-state index >= 15 is 0 Å². The Kier molecular flexibility index (Phi) is 4.46. The van der Waals surface area contributed by atoms with Crippen molar-refractivity contribution in [2.45, 2.75) is 56.7 Å². The molecule has 4 rings (SSSR count). The maximum atomic E-state index is 12.6. The van der Waals surface area contributed by atoms with Gasteiger partial charge in [-0.1, -0.05) is 0 Å². The summed E-state index contributed by atoms with van der Waals surface area (Å²) in [7, 11) is 0. The summed E-state index contributed by atoms with van der Waals surface area (Å²) in [5, 5.41) is 0. The first kappa shape index (κ1) is 16.5. The van der Waals surface area contributed by atoms with Crippen LogP contribution in [0.15, 0.2) is 24.5 Å². The molecule has 25 heavy (non-hydrogen) atoms. The summed E-state index contributed by atoms with van der Waals surface area (Å²) >= 11 is 0. The number of carbonyl (C=O) groups is 2. The second-order valence-corrected chi connectivity index (χ2v) is 7.39. The van der Waals surface area contributed by atoms with Crippen molar-refractivity contribution >= 4 is 11.8 Å². The van der Waals surface area contributed by atoms with Gasteiger partial charge in [0.1, 0.15) is 6.10 Å². The van der Waals surface area contributed by atoms with E-state index in [4.69, 9.17) is 4.74 Å². The minimum Gasteiger partial charge on any atom is -0.368 e. The van der Waals surface area contributed by atoms with E-state index in [-0.39, 0.29) is 23.5 Å². The van der Waals surface area contributed by atoms with E-state index in [9.17, 15) is 9.59 Å². The molecule has 6 heteroatoms. The van der Waals surface area contributed by atoms with E-state index in [1.807, 2.05) is 17.0 Å². The van der Waals surface area contributed by atoms with Crippen molar-refractivity contribution in [3.8, 4) is 0 Å². The van der Waals surface area contributed by atoms with Gasteiger partial charge in [-0.3, -0.25) is 14.6 Å². The minimum atomic E-state index is -0.243. The molecule has 0 aliphatic carbocycles. The largest absolute Gasteiger partial charge is 0.368 e. The van der Waals surface area contributed by atoms with Crippen LogP contribution < -0.4 is 0 Å². The van der Waals surface area contributed by atoms with Crippen LogP contribution in [0.1, 0.15) is 44.1 Å². The fourth-order valence-electron chi connectivity index (χ4n) is 4.44. The summed E-state index contributed by atoms with van der Waals surface area (Å²) < 4.78 is 5.54. The zero-order valence-electron chi connectivity index (χ0n) is 14.5. The average molecular weight is 343 g/mol. The van der Waals surface area contributed by atoms with Crippen LogP contribution in [0.25, 0.3) is 0 Å². The molecule has 1 aromatic rings. The number of likely N-dealkylation sites (tertiary alicyclic amines) is 2. The van der Waals surface area contributed by atoms with Gasteiger partial charge < -0.3 is 14.5 Å². The van der Waals surface area contributed by atoms with Gasteiger partial charge in [-0.05, 0) is 49.8 Å². The Morgan fingerprint density at radius 2 is 2.00 bits per heavy atom. The highest BCUT2D eigenvalue weighted by molar-refractivity contribution is 5.82. The molecule has 3 aliphatic heterocycles.